The van der Waals surface area contributed by atoms with Gasteiger partial charge < -0.3 is 25.4 Å². The molecule has 1 saturated heterocycles. The molecule has 20 heavy (non-hydrogen) atoms. The molecule has 1 amide bonds. The van der Waals surface area contributed by atoms with E-state index in [1.807, 2.05) is 12.1 Å². The number of anilines is 1. The zero-order valence-electron chi connectivity index (χ0n) is 11.5. The first-order chi connectivity index (χ1) is 9.72. The molecule has 0 saturated carbocycles. The Kier molecular flexibility index (Phi) is 5.20. The molecule has 1 aromatic rings. The van der Waals surface area contributed by atoms with Crippen LogP contribution in [0.3, 0.4) is 0 Å². The van der Waals surface area contributed by atoms with E-state index in [0.29, 0.717) is 39.3 Å². The fourth-order valence-electron chi connectivity index (χ4n) is 2.26. The highest BCUT2D eigenvalue weighted by molar-refractivity contribution is 5.77. The van der Waals surface area contributed by atoms with Crippen molar-refractivity contribution in [1.82, 2.24) is 4.90 Å². The van der Waals surface area contributed by atoms with E-state index in [-0.39, 0.29) is 18.3 Å². The predicted octanol–water partition coefficient (Wildman–Crippen LogP) is 0.0161. The number of para-hydroxylation sites is 2. The fraction of sp³-hybridized carbons (Fsp3) is 0.500. The second-order valence-electron chi connectivity index (χ2n) is 4.70. The number of aromatic hydroxyl groups is 1. The second-order valence-corrected chi connectivity index (χ2v) is 4.70. The van der Waals surface area contributed by atoms with Crippen molar-refractivity contribution in [3.05, 3.63) is 24.3 Å². The number of carbonyl (C=O) groups is 1. The molecular weight excluding hydrogens is 258 g/mol. The Morgan fingerprint density at radius 2 is 1.95 bits per heavy atom. The molecule has 1 fully saturated rings. The predicted molar refractivity (Wildman–Crippen MR) is 76.8 cm³/mol. The number of benzene rings is 1. The van der Waals surface area contributed by atoms with Crippen LogP contribution in [0.5, 0.6) is 5.75 Å². The number of ether oxygens (including phenoxy) is 1. The average Bonchev–Trinajstić information content (AvgIpc) is 2.48. The van der Waals surface area contributed by atoms with E-state index in [4.69, 9.17) is 10.5 Å². The third-order valence-electron chi connectivity index (χ3n) is 3.34. The summed E-state index contributed by atoms with van der Waals surface area (Å²) < 4.78 is 5.16. The van der Waals surface area contributed by atoms with Gasteiger partial charge in [-0.15, -0.1) is 0 Å². The van der Waals surface area contributed by atoms with Gasteiger partial charge in [0, 0.05) is 32.7 Å². The summed E-state index contributed by atoms with van der Waals surface area (Å²) in [4.78, 5) is 15.7. The summed E-state index contributed by atoms with van der Waals surface area (Å²) >= 11 is 0. The molecule has 3 N–H and O–H groups in total. The van der Waals surface area contributed by atoms with Gasteiger partial charge in [-0.05, 0) is 12.1 Å². The van der Waals surface area contributed by atoms with Crippen LogP contribution in [0.25, 0.3) is 0 Å². The Morgan fingerprint density at radius 3 is 2.60 bits per heavy atom. The van der Waals surface area contributed by atoms with Gasteiger partial charge in [0.2, 0.25) is 5.91 Å². The normalized spacial score (nSPS) is 15.4. The lowest BCUT2D eigenvalue weighted by molar-refractivity contribution is -0.136. The Morgan fingerprint density at radius 1 is 1.25 bits per heavy atom. The van der Waals surface area contributed by atoms with Crippen LogP contribution in [0.15, 0.2) is 24.3 Å². The van der Waals surface area contributed by atoms with Gasteiger partial charge in [-0.2, -0.15) is 0 Å². The van der Waals surface area contributed by atoms with Crippen LogP contribution < -0.4 is 10.6 Å². The van der Waals surface area contributed by atoms with E-state index in [0.717, 1.165) is 5.69 Å². The summed E-state index contributed by atoms with van der Waals surface area (Å²) in [7, 11) is 0. The number of rotatable bonds is 5. The molecule has 1 aliphatic heterocycles. The minimum atomic E-state index is -0.00427. The van der Waals surface area contributed by atoms with Crippen LogP contribution in [-0.4, -0.2) is 61.9 Å². The summed E-state index contributed by atoms with van der Waals surface area (Å²) in [5.41, 5.74) is 6.13. The molecule has 0 atom stereocenters. The first-order valence-corrected chi connectivity index (χ1v) is 6.81. The molecule has 0 aromatic heterocycles. The molecule has 0 aliphatic carbocycles. The van der Waals surface area contributed by atoms with Gasteiger partial charge in [0.25, 0.3) is 0 Å². The van der Waals surface area contributed by atoms with Gasteiger partial charge in [-0.3, -0.25) is 4.79 Å². The molecule has 2 rings (SSSR count). The Hall–Kier alpha value is -1.79. The van der Waals surface area contributed by atoms with Crippen molar-refractivity contribution < 1.29 is 14.6 Å². The van der Waals surface area contributed by atoms with Crippen molar-refractivity contribution >= 4 is 11.6 Å². The highest BCUT2D eigenvalue weighted by Crippen LogP contribution is 2.27. The lowest BCUT2D eigenvalue weighted by Crippen LogP contribution is -2.49. The molecule has 110 valence electrons. The van der Waals surface area contributed by atoms with E-state index in [1.54, 1.807) is 17.0 Å². The van der Waals surface area contributed by atoms with Gasteiger partial charge in [-0.1, -0.05) is 12.1 Å². The molecule has 0 unspecified atom stereocenters. The van der Waals surface area contributed by atoms with Crippen LogP contribution >= 0.6 is 0 Å². The molecule has 1 aliphatic rings. The summed E-state index contributed by atoms with van der Waals surface area (Å²) in [6.07, 6.45) is 0. The number of hydrogen-bond acceptors (Lipinski definition) is 5. The molecule has 6 nitrogen and oxygen atoms in total. The lowest BCUT2D eigenvalue weighted by Gasteiger charge is -2.36. The summed E-state index contributed by atoms with van der Waals surface area (Å²) in [5.74, 6) is 0.272. The number of piperazine rings is 1. The highest BCUT2D eigenvalue weighted by Gasteiger charge is 2.22. The standard InChI is InChI=1S/C14H21N3O3/c15-5-10-20-11-14(19)17-8-6-16(7-9-17)12-3-1-2-4-13(12)18/h1-4,18H,5-11,15H2. The number of amides is 1. The Balaban J connectivity index is 1.83. The maximum absolute atomic E-state index is 11.9. The van der Waals surface area contributed by atoms with Crippen molar-refractivity contribution in [3.8, 4) is 5.75 Å². The maximum Gasteiger partial charge on any atom is 0.248 e. The SMILES string of the molecule is NCCOCC(=O)N1CCN(c2ccccc2O)CC1. The largest absolute Gasteiger partial charge is 0.506 e. The van der Waals surface area contributed by atoms with Gasteiger partial charge in [0.1, 0.15) is 12.4 Å². The molecule has 1 aromatic carbocycles. The number of phenolic OH excluding ortho intramolecular Hbond substituents is 1. The molecule has 0 spiro atoms. The topological polar surface area (TPSA) is 79.0 Å². The molecule has 1 heterocycles. The van der Waals surface area contributed by atoms with Crippen molar-refractivity contribution in [2.75, 3.05) is 50.8 Å². The minimum Gasteiger partial charge on any atom is -0.506 e. The van der Waals surface area contributed by atoms with Crippen LogP contribution in [0.1, 0.15) is 0 Å². The van der Waals surface area contributed by atoms with E-state index in [2.05, 4.69) is 4.90 Å². The first-order valence-electron chi connectivity index (χ1n) is 6.81. The maximum atomic E-state index is 11.9. The van der Waals surface area contributed by atoms with Crippen LogP contribution in [0.2, 0.25) is 0 Å². The molecular formula is C14H21N3O3. The summed E-state index contributed by atoms with van der Waals surface area (Å²) in [6.45, 7) is 3.62. The summed E-state index contributed by atoms with van der Waals surface area (Å²) in [6, 6.07) is 7.26. The van der Waals surface area contributed by atoms with Gasteiger partial charge in [-0.25, -0.2) is 0 Å². The van der Waals surface area contributed by atoms with Crippen molar-refractivity contribution in [3.63, 3.8) is 0 Å². The van der Waals surface area contributed by atoms with Gasteiger partial charge in [0.05, 0.1) is 12.3 Å². The van der Waals surface area contributed by atoms with Crippen molar-refractivity contribution in [2.45, 2.75) is 0 Å². The third-order valence-corrected chi connectivity index (χ3v) is 3.34. The first kappa shape index (κ1) is 14.6. The smallest absolute Gasteiger partial charge is 0.248 e. The van der Waals surface area contributed by atoms with E-state index < -0.39 is 0 Å². The minimum absolute atomic E-state index is 0.00427. The average molecular weight is 279 g/mol. The van der Waals surface area contributed by atoms with Crippen molar-refractivity contribution in [2.24, 2.45) is 5.73 Å². The summed E-state index contributed by atoms with van der Waals surface area (Å²) in [5, 5.41) is 9.83. The Bertz CT molecular complexity index is 445. The monoisotopic (exact) mass is 279 g/mol. The van der Waals surface area contributed by atoms with Crippen LogP contribution in [-0.2, 0) is 9.53 Å². The van der Waals surface area contributed by atoms with Gasteiger partial charge >= 0.3 is 0 Å². The van der Waals surface area contributed by atoms with Crippen LogP contribution in [0.4, 0.5) is 5.69 Å². The fourth-order valence-corrected chi connectivity index (χ4v) is 2.26. The Labute approximate surface area is 118 Å². The van der Waals surface area contributed by atoms with E-state index in [1.165, 1.54) is 0 Å². The lowest BCUT2D eigenvalue weighted by atomic mass is 10.2. The highest BCUT2D eigenvalue weighted by atomic mass is 16.5. The molecule has 0 bridgehead atoms. The van der Waals surface area contributed by atoms with Crippen molar-refractivity contribution in [1.29, 1.82) is 0 Å². The number of carbonyl (C=O) groups excluding carboxylic acids is 1. The number of nitrogens with two attached hydrogens (primary N) is 1. The molecule has 6 heteroatoms. The quantitative estimate of drug-likeness (QED) is 0.743. The zero-order chi connectivity index (χ0) is 14.4. The number of phenols is 1. The van der Waals surface area contributed by atoms with Crippen LogP contribution in [0, 0.1) is 0 Å². The van der Waals surface area contributed by atoms with E-state index >= 15 is 0 Å². The third kappa shape index (κ3) is 3.61. The van der Waals surface area contributed by atoms with Gasteiger partial charge in [0.15, 0.2) is 0 Å². The zero-order valence-corrected chi connectivity index (χ0v) is 11.5. The molecule has 0 radical (unpaired) electrons. The number of hydrogen-bond donors (Lipinski definition) is 2. The number of nitrogens with zero attached hydrogens (tertiary/aromatic N) is 2. The van der Waals surface area contributed by atoms with E-state index in [9.17, 15) is 9.90 Å². The second kappa shape index (κ2) is 7.12.